The summed E-state index contributed by atoms with van der Waals surface area (Å²) in [4.78, 5) is 30.7. The molecule has 0 spiro atoms. The summed E-state index contributed by atoms with van der Waals surface area (Å²) >= 11 is 0. The van der Waals surface area contributed by atoms with E-state index in [1.165, 1.54) is 50.0 Å². The third kappa shape index (κ3) is 5.22. The fourth-order valence-electron chi connectivity index (χ4n) is 1.65. The number of amides is 2. The van der Waals surface area contributed by atoms with Crippen molar-refractivity contribution in [3.8, 4) is 5.75 Å². The number of nitrogens with zero attached hydrogens (tertiary/aromatic N) is 2. The summed E-state index contributed by atoms with van der Waals surface area (Å²) in [7, 11) is -2.41. The molecule has 0 bridgehead atoms. The van der Waals surface area contributed by atoms with E-state index < -0.39 is 28.4 Å². The minimum absolute atomic E-state index is 0.00149. The maximum atomic E-state index is 12.1. The van der Waals surface area contributed by atoms with Gasteiger partial charge in [0, 0.05) is 12.4 Å². The minimum Gasteiger partial charge on any atom is -0.497 e. The van der Waals surface area contributed by atoms with E-state index in [1.807, 2.05) is 0 Å². The van der Waals surface area contributed by atoms with Gasteiger partial charge in [0.15, 0.2) is 0 Å². The fraction of sp³-hybridized carbons (Fsp3) is 0.143. The molecule has 2 amide bonds. The number of nitrogens with one attached hydrogen (secondary N) is 3. The van der Waals surface area contributed by atoms with E-state index in [4.69, 9.17) is 4.74 Å². The molecule has 25 heavy (non-hydrogen) atoms. The molecular weight excluding hydrogens is 350 g/mol. The van der Waals surface area contributed by atoms with Gasteiger partial charge in [0.1, 0.15) is 11.4 Å². The predicted octanol–water partition coefficient (Wildman–Crippen LogP) is -0.775. The lowest BCUT2D eigenvalue weighted by molar-refractivity contribution is -0.120. The lowest BCUT2D eigenvalue weighted by atomic mass is 10.3. The molecule has 0 saturated heterocycles. The zero-order valence-corrected chi connectivity index (χ0v) is 13.9. The molecule has 1 aromatic heterocycles. The van der Waals surface area contributed by atoms with Crippen LogP contribution in [0, 0.1) is 0 Å². The Hall–Kier alpha value is -3.05. The summed E-state index contributed by atoms with van der Waals surface area (Å²) < 4.78 is 31.2. The Bertz CT molecular complexity index is 840. The molecule has 0 aliphatic carbocycles. The van der Waals surface area contributed by atoms with Gasteiger partial charge in [-0.05, 0) is 24.3 Å². The third-order valence-corrected chi connectivity index (χ3v) is 4.32. The van der Waals surface area contributed by atoms with Gasteiger partial charge in [-0.1, -0.05) is 0 Å². The molecule has 1 aromatic carbocycles. The smallest absolute Gasteiger partial charge is 0.289 e. The van der Waals surface area contributed by atoms with E-state index in [-0.39, 0.29) is 10.6 Å². The zero-order chi connectivity index (χ0) is 18.3. The zero-order valence-electron chi connectivity index (χ0n) is 13.1. The van der Waals surface area contributed by atoms with Crippen LogP contribution in [0.2, 0.25) is 0 Å². The van der Waals surface area contributed by atoms with Gasteiger partial charge < -0.3 is 4.74 Å². The number of hydrogen-bond acceptors (Lipinski definition) is 7. The van der Waals surface area contributed by atoms with E-state index in [2.05, 4.69) is 25.5 Å². The number of sulfonamides is 1. The van der Waals surface area contributed by atoms with Gasteiger partial charge in [0.2, 0.25) is 10.0 Å². The van der Waals surface area contributed by atoms with Crippen LogP contribution in [0.4, 0.5) is 0 Å². The van der Waals surface area contributed by atoms with Crippen molar-refractivity contribution in [1.29, 1.82) is 0 Å². The quantitative estimate of drug-likeness (QED) is 0.571. The fourth-order valence-corrected chi connectivity index (χ4v) is 2.63. The van der Waals surface area contributed by atoms with Gasteiger partial charge in [0.25, 0.3) is 11.8 Å². The lowest BCUT2D eigenvalue weighted by Crippen LogP contribution is -2.46. The molecule has 0 radical (unpaired) electrons. The average molecular weight is 365 g/mol. The SMILES string of the molecule is COc1ccc(S(=O)(=O)NCC(=O)NNC(=O)c2cnccn2)cc1. The molecule has 0 atom stereocenters. The van der Waals surface area contributed by atoms with E-state index in [1.54, 1.807) is 0 Å². The van der Waals surface area contributed by atoms with Crippen LogP contribution in [-0.2, 0) is 14.8 Å². The van der Waals surface area contributed by atoms with Gasteiger partial charge in [-0.15, -0.1) is 0 Å². The number of rotatable bonds is 6. The Labute approximate surface area is 143 Å². The molecule has 0 unspecified atom stereocenters. The first-order chi connectivity index (χ1) is 11.9. The molecule has 0 fully saturated rings. The highest BCUT2D eigenvalue weighted by molar-refractivity contribution is 7.89. The van der Waals surface area contributed by atoms with E-state index in [0.29, 0.717) is 5.75 Å². The van der Waals surface area contributed by atoms with Gasteiger partial charge in [-0.25, -0.2) is 18.1 Å². The summed E-state index contributed by atoms with van der Waals surface area (Å²) in [6, 6.07) is 5.65. The van der Waals surface area contributed by atoms with Crippen LogP contribution in [0.15, 0.2) is 47.8 Å². The van der Waals surface area contributed by atoms with Crippen molar-refractivity contribution in [1.82, 2.24) is 25.5 Å². The molecule has 3 N–H and O–H groups in total. The molecule has 11 heteroatoms. The molecule has 0 aliphatic heterocycles. The summed E-state index contributed by atoms with van der Waals surface area (Å²) in [6.45, 7) is -0.560. The Morgan fingerprint density at radius 1 is 1.12 bits per heavy atom. The van der Waals surface area contributed by atoms with Crippen molar-refractivity contribution >= 4 is 21.8 Å². The van der Waals surface area contributed by atoms with Crippen molar-refractivity contribution in [3.05, 3.63) is 48.5 Å². The van der Waals surface area contributed by atoms with Gasteiger partial charge in [-0.2, -0.15) is 0 Å². The summed E-state index contributed by atoms with van der Waals surface area (Å²) in [5.41, 5.74) is 4.17. The molecule has 2 rings (SSSR count). The van der Waals surface area contributed by atoms with Gasteiger partial charge in [0.05, 0.1) is 24.7 Å². The first-order valence-electron chi connectivity index (χ1n) is 6.91. The Balaban J connectivity index is 1.85. The highest BCUT2D eigenvalue weighted by Gasteiger charge is 2.16. The second-order valence-electron chi connectivity index (χ2n) is 4.59. The van der Waals surface area contributed by atoms with Crippen LogP contribution in [-0.4, -0.2) is 43.9 Å². The number of carbonyl (C=O) groups excluding carboxylic acids is 2. The molecule has 1 heterocycles. The molecule has 0 saturated carbocycles. The number of hydrazine groups is 1. The van der Waals surface area contributed by atoms with Crippen molar-refractivity contribution < 1.29 is 22.7 Å². The molecule has 0 aliphatic rings. The number of aromatic nitrogens is 2. The van der Waals surface area contributed by atoms with Crippen LogP contribution < -0.4 is 20.3 Å². The van der Waals surface area contributed by atoms with E-state index in [9.17, 15) is 18.0 Å². The van der Waals surface area contributed by atoms with Crippen LogP contribution in [0.1, 0.15) is 10.5 Å². The topological polar surface area (TPSA) is 139 Å². The maximum absolute atomic E-state index is 12.1. The average Bonchev–Trinajstić information content (AvgIpc) is 2.65. The standard InChI is InChI=1S/C14H15N5O5S/c1-24-10-2-4-11(5-3-10)25(22,23)17-9-13(20)18-19-14(21)12-8-15-6-7-16-12/h2-8,17H,9H2,1H3,(H,18,20)(H,19,21). The first-order valence-corrected chi connectivity index (χ1v) is 8.39. The maximum Gasteiger partial charge on any atom is 0.289 e. The second kappa shape index (κ2) is 8.17. The predicted molar refractivity (Wildman–Crippen MR) is 85.8 cm³/mol. The highest BCUT2D eigenvalue weighted by Crippen LogP contribution is 2.14. The van der Waals surface area contributed by atoms with Crippen molar-refractivity contribution in [2.45, 2.75) is 4.90 Å². The van der Waals surface area contributed by atoms with E-state index in [0.717, 1.165) is 0 Å². The van der Waals surface area contributed by atoms with Crippen molar-refractivity contribution in [2.75, 3.05) is 13.7 Å². The Morgan fingerprint density at radius 3 is 2.44 bits per heavy atom. The molecule has 2 aromatic rings. The second-order valence-corrected chi connectivity index (χ2v) is 6.36. The number of methoxy groups -OCH3 is 1. The van der Waals surface area contributed by atoms with E-state index >= 15 is 0 Å². The highest BCUT2D eigenvalue weighted by atomic mass is 32.2. The van der Waals surface area contributed by atoms with Crippen LogP contribution in [0.3, 0.4) is 0 Å². The first kappa shape index (κ1) is 18.3. The molecule has 132 valence electrons. The summed E-state index contributed by atoms with van der Waals surface area (Å²) in [5, 5.41) is 0. The minimum atomic E-state index is -3.87. The Kier molecular flexibility index (Phi) is 5.98. The molecule has 10 nitrogen and oxygen atoms in total. The van der Waals surface area contributed by atoms with Gasteiger partial charge in [-0.3, -0.25) is 25.4 Å². The number of hydrogen-bond donors (Lipinski definition) is 3. The Morgan fingerprint density at radius 2 is 1.84 bits per heavy atom. The normalized spacial score (nSPS) is 10.8. The van der Waals surface area contributed by atoms with Crippen LogP contribution >= 0.6 is 0 Å². The monoisotopic (exact) mass is 365 g/mol. The van der Waals surface area contributed by atoms with Crippen molar-refractivity contribution in [2.24, 2.45) is 0 Å². The number of carbonyl (C=O) groups is 2. The summed E-state index contributed by atoms with van der Waals surface area (Å²) in [5.74, 6) is -0.933. The molecular formula is C14H15N5O5S. The lowest BCUT2D eigenvalue weighted by Gasteiger charge is -2.09. The number of ether oxygens (including phenoxy) is 1. The largest absolute Gasteiger partial charge is 0.497 e. The van der Waals surface area contributed by atoms with Crippen LogP contribution in [0.25, 0.3) is 0 Å². The summed E-state index contributed by atoms with van der Waals surface area (Å²) in [6.07, 6.45) is 3.93. The number of benzene rings is 1. The van der Waals surface area contributed by atoms with Crippen molar-refractivity contribution in [3.63, 3.8) is 0 Å². The van der Waals surface area contributed by atoms with Gasteiger partial charge >= 0.3 is 0 Å². The van der Waals surface area contributed by atoms with Crippen LogP contribution in [0.5, 0.6) is 5.75 Å². The third-order valence-electron chi connectivity index (χ3n) is 2.90.